The summed E-state index contributed by atoms with van der Waals surface area (Å²) in [5.41, 5.74) is -4.19. The maximum Gasteiger partial charge on any atom is 0.446 e. The van der Waals surface area contributed by atoms with Crippen LogP contribution >= 0.6 is 27.2 Å². The molecule has 1 atom stereocenters. The van der Waals surface area contributed by atoms with E-state index >= 15 is 13.2 Å². The van der Waals surface area contributed by atoms with Gasteiger partial charge in [0.1, 0.15) is 10.6 Å². The molecule has 1 nitrogen and oxygen atoms in total. The van der Waals surface area contributed by atoms with Crippen molar-refractivity contribution in [3.05, 3.63) is 97.1 Å². The molecule has 0 aliphatic heterocycles. The number of thioether (sulfide) groups is 1. The Morgan fingerprint density at radius 1 is 0.442 bits per heavy atom. The van der Waals surface area contributed by atoms with Crippen molar-refractivity contribution in [3.8, 4) is 0 Å². The van der Waals surface area contributed by atoms with Crippen LogP contribution in [0.15, 0.2) is 102 Å². The van der Waals surface area contributed by atoms with E-state index in [4.69, 9.17) is 4.86 Å². The van der Waals surface area contributed by atoms with Crippen molar-refractivity contribution < 1.29 is 13.2 Å². The summed E-state index contributed by atoms with van der Waals surface area (Å²) in [6, 6.07) is 50.3. The third-order valence-corrected chi connectivity index (χ3v) is 43.3. The van der Waals surface area contributed by atoms with Gasteiger partial charge in [-0.2, -0.15) is 18.0 Å². The molecule has 4 aromatic carbocycles. The quantitative estimate of drug-likeness (QED) is 0.0273. The molecule has 77 heavy (non-hydrogen) atoms. The fourth-order valence-corrected chi connectivity index (χ4v) is 40.0. The van der Waals surface area contributed by atoms with Crippen LogP contribution in [-0.2, 0) is 0 Å². The highest BCUT2D eigenvalue weighted by Crippen LogP contribution is 2.66. The molecular formula is C67H109F3NP2SSi3+. The molecule has 1 aliphatic rings. The number of rotatable bonds is 38. The van der Waals surface area contributed by atoms with Gasteiger partial charge in [0.2, 0.25) is 0 Å². The number of nitrogens with one attached hydrogen (secondary N) is 1. The van der Waals surface area contributed by atoms with E-state index in [1.165, 1.54) is 192 Å². The summed E-state index contributed by atoms with van der Waals surface area (Å²) >= 11 is 0.125. The van der Waals surface area contributed by atoms with Crippen LogP contribution in [0.25, 0.3) is 0 Å². The molecule has 0 saturated heterocycles. The van der Waals surface area contributed by atoms with Crippen LogP contribution in [0.5, 0.6) is 0 Å². The minimum Gasteiger partial charge on any atom is -0.160 e. The lowest BCUT2D eigenvalue weighted by Gasteiger charge is -2.40. The molecule has 1 N–H and O–H groups in total. The minimum atomic E-state index is -4.41. The average molecular weight is 1160 g/mol. The summed E-state index contributed by atoms with van der Waals surface area (Å²) in [4.78, 5) is 5.12. The van der Waals surface area contributed by atoms with Crippen molar-refractivity contribution in [1.29, 1.82) is 0 Å². The molecule has 5 rings (SSSR count). The summed E-state index contributed by atoms with van der Waals surface area (Å²) in [7, 11) is -9.49. The molecule has 1 aliphatic carbocycles. The summed E-state index contributed by atoms with van der Waals surface area (Å²) in [6.07, 6.45) is 28.1. The van der Waals surface area contributed by atoms with Gasteiger partial charge in [0.05, 0.1) is 42.8 Å². The van der Waals surface area contributed by atoms with E-state index in [-0.39, 0.29) is 17.4 Å². The van der Waals surface area contributed by atoms with Gasteiger partial charge < -0.3 is 0 Å². The van der Waals surface area contributed by atoms with Crippen LogP contribution in [0.3, 0.4) is 0 Å². The zero-order valence-electron chi connectivity index (χ0n) is 50.4. The Balaban J connectivity index is 1.87. The number of alkyl halides is 3. The second-order valence-electron chi connectivity index (χ2n) is 23.9. The topological polar surface area (TPSA) is 12.0 Å². The Morgan fingerprint density at radius 2 is 0.753 bits per heavy atom. The first-order chi connectivity index (χ1) is 37.3. The first-order valence-corrected chi connectivity index (χ1v) is 43.9. The van der Waals surface area contributed by atoms with Crippen molar-refractivity contribution in [1.82, 2.24) is 4.86 Å². The highest BCUT2D eigenvalue weighted by Gasteiger charge is 2.55. The Morgan fingerprint density at radius 3 is 1.06 bits per heavy atom. The van der Waals surface area contributed by atoms with Gasteiger partial charge in [-0.15, -0.1) is 0 Å². The summed E-state index contributed by atoms with van der Waals surface area (Å²) in [6.45, 7) is 21.2. The lowest BCUT2D eigenvalue weighted by Crippen LogP contribution is -2.49. The van der Waals surface area contributed by atoms with E-state index < -0.39 is 45.2 Å². The van der Waals surface area contributed by atoms with Gasteiger partial charge in [-0.3, -0.25) is 0 Å². The first kappa shape index (κ1) is 66.3. The van der Waals surface area contributed by atoms with Crippen LogP contribution in [0.1, 0.15) is 210 Å². The Hall–Kier alpha value is -1.51. The third-order valence-electron chi connectivity index (χ3n) is 18.3. The van der Waals surface area contributed by atoms with Crippen LogP contribution in [0.4, 0.5) is 13.2 Å². The first-order valence-electron chi connectivity index (χ1n) is 32.0. The number of halogens is 3. The van der Waals surface area contributed by atoms with Gasteiger partial charge in [-0.05, 0) is 72.3 Å². The van der Waals surface area contributed by atoms with Gasteiger partial charge in [0.25, 0.3) is 0 Å². The molecule has 0 spiro atoms. The highest BCUT2D eigenvalue weighted by atomic mass is 32.2. The zero-order chi connectivity index (χ0) is 55.6. The molecule has 0 amide bonds. The van der Waals surface area contributed by atoms with E-state index in [2.05, 4.69) is 141 Å². The number of hydrogen-bond acceptors (Lipinski definition) is 2. The maximum absolute atomic E-state index is 15.1. The van der Waals surface area contributed by atoms with Gasteiger partial charge in [-0.1, -0.05) is 327 Å². The van der Waals surface area contributed by atoms with Crippen molar-refractivity contribution >= 4 is 88.2 Å². The van der Waals surface area contributed by atoms with Crippen LogP contribution < -0.4 is 41.6 Å². The second-order valence-corrected chi connectivity index (χ2v) is 44.6. The number of hydrogen-bond donors (Lipinski definition) is 1. The van der Waals surface area contributed by atoms with Crippen molar-refractivity contribution in [2.75, 3.05) is 0 Å². The molecule has 0 aromatic heterocycles. The largest absolute Gasteiger partial charge is 0.446 e. The fraction of sp³-hybridized carbons (Fsp3) is 0.642. The highest BCUT2D eigenvalue weighted by molar-refractivity contribution is 8.02. The summed E-state index contributed by atoms with van der Waals surface area (Å²) < 4.78 is 45.4. The Bertz CT molecular complexity index is 2080. The molecule has 10 heteroatoms. The minimum absolute atomic E-state index is 0.125. The lowest BCUT2D eigenvalue weighted by molar-refractivity contribution is -0.0327. The number of benzene rings is 4. The molecule has 4 aromatic rings. The van der Waals surface area contributed by atoms with Crippen molar-refractivity contribution in [2.24, 2.45) is 0 Å². The molecule has 430 valence electrons. The van der Waals surface area contributed by atoms with Crippen LogP contribution in [-0.4, -0.2) is 35.4 Å². The van der Waals surface area contributed by atoms with E-state index in [0.29, 0.717) is 4.90 Å². The van der Waals surface area contributed by atoms with Gasteiger partial charge in [0.15, 0.2) is 7.41 Å². The second kappa shape index (κ2) is 34.2. The lowest BCUT2D eigenvalue weighted by atomic mass is 10.0. The van der Waals surface area contributed by atoms with Gasteiger partial charge in [-0.25, -0.2) is 0 Å². The molecule has 1 saturated carbocycles. The fourth-order valence-electron chi connectivity index (χ4n) is 13.6. The predicted octanol–water partition coefficient (Wildman–Crippen LogP) is 20.3. The van der Waals surface area contributed by atoms with E-state index in [9.17, 15) is 0 Å². The van der Waals surface area contributed by atoms with Crippen molar-refractivity contribution in [3.63, 3.8) is 0 Å². The van der Waals surface area contributed by atoms with Crippen molar-refractivity contribution in [2.45, 2.75) is 280 Å². The number of unbranched alkanes of at least 4 members (excludes halogenated alkanes) is 9. The van der Waals surface area contributed by atoms with Crippen LogP contribution in [0.2, 0.25) is 54.4 Å². The third kappa shape index (κ3) is 18.2. The molecule has 0 radical (unpaired) electrons. The van der Waals surface area contributed by atoms with E-state index in [0.717, 1.165) is 31.0 Å². The van der Waals surface area contributed by atoms with E-state index in [1.807, 2.05) is 12.1 Å². The summed E-state index contributed by atoms with van der Waals surface area (Å²) in [5.74, 6) is 0. The predicted molar refractivity (Wildman–Crippen MR) is 354 cm³/mol. The van der Waals surface area contributed by atoms with Gasteiger partial charge in [0, 0.05) is 0 Å². The summed E-state index contributed by atoms with van der Waals surface area (Å²) in [5, 5.41) is 9.61. The Kier molecular flexibility index (Phi) is 29.4. The standard InChI is InChI=1S/C67H109F3NP2SSi3/c1-10-19-49-75(50-20-11-2,51-21-12-3)62-43-37-58(38-44-62)72(59-39-45-63(46-40-59)76(52-22-13-4,53-23-14-5)54-24-15-6)71-73(60-33-29-28-30-34-60,65-35-31-32-36-66(65)74-67(68,69)70)61-41-47-64(48-42-61)77(55-25-16-7,56-26-17-8)57-27-18-9/h31-32,35-48,60,71H,10-30,33-34,49-57H2,1-9H3/q+1. The molecular weight excluding hydrogens is 1050 g/mol. The molecule has 1 fully saturated rings. The Labute approximate surface area is 480 Å². The zero-order valence-corrected chi connectivity index (χ0v) is 56.0. The molecule has 0 heterocycles. The normalized spacial score (nSPS) is 14.9. The van der Waals surface area contributed by atoms with E-state index in [1.54, 1.807) is 21.6 Å². The monoisotopic (exact) mass is 1160 g/mol. The maximum atomic E-state index is 15.1. The molecule has 0 bridgehead atoms. The average Bonchev–Trinajstić information content (AvgIpc) is 3.47. The SMILES string of the molecule is CCCC[Si](CCCC)(CCCC)c1ccc(P(N[P+](c2ccc([Si](CCCC)(CCCC)CCCC)cc2)(c2ccccc2SC(F)(F)F)C2CCCCC2)c2ccc([Si](CCCC)(CCCC)CCCC)cc2)cc1. The molecule has 1 unspecified atom stereocenters. The smallest absolute Gasteiger partial charge is 0.160 e. The van der Waals surface area contributed by atoms with Gasteiger partial charge >= 0.3 is 5.51 Å². The van der Waals surface area contributed by atoms with Crippen LogP contribution in [0, 0.1) is 0 Å².